The monoisotopic (exact) mass is 403 g/mol. The van der Waals surface area contributed by atoms with Crippen LogP contribution in [0.1, 0.15) is 22.8 Å². The minimum atomic E-state index is -0.419. The van der Waals surface area contributed by atoms with Crippen LogP contribution in [0.5, 0.6) is 11.5 Å². The summed E-state index contributed by atoms with van der Waals surface area (Å²) in [4.78, 5) is 12.3. The van der Waals surface area contributed by atoms with E-state index < -0.39 is 5.97 Å². The van der Waals surface area contributed by atoms with Gasteiger partial charge in [0.15, 0.2) is 11.5 Å². The third-order valence-corrected chi connectivity index (χ3v) is 4.69. The zero-order valence-electron chi connectivity index (χ0n) is 13.4. The topological polar surface area (TPSA) is 75.5 Å². The molecule has 4 rings (SSSR count). The van der Waals surface area contributed by atoms with E-state index in [1.54, 1.807) is 28.9 Å². The summed E-state index contributed by atoms with van der Waals surface area (Å²) in [6, 6.07) is 8.84. The van der Waals surface area contributed by atoms with Gasteiger partial charge in [0.1, 0.15) is 12.1 Å². The zero-order chi connectivity index (χ0) is 17.4. The van der Waals surface area contributed by atoms with E-state index >= 15 is 0 Å². The Morgan fingerprint density at radius 1 is 1.28 bits per heavy atom. The molecule has 3 aromatic rings. The molecule has 0 N–H and O–H groups in total. The Kier molecular flexibility index (Phi) is 4.04. The maximum absolute atomic E-state index is 12.3. The van der Waals surface area contributed by atoms with Crippen molar-refractivity contribution in [3.63, 3.8) is 0 Å². The predicted molar refractivity (Wildman–Crippen MR) is 92.6 cm³/mol. The van der Waals surface area contributed by atoms with Gasteiger partial charge in [-0.25, -0.2) is 9.48 Å². The highest BCUT2D eigenvalue weighted by Gasteiger charge is 2.18. The van der Waals surface area contributed by atoms with Gasteiger partial charge >= 0.3 is 5.97 Å². The van der Waals surface area contributed by atoms with Gasteiger partial charge in [-0.15, -0.1) is 5.10 Å². The molecule has 128 valence electrons. The van der Waals surface area contributed by atoms with E-state index in [-0.39, 0.29) is 13.4 Å². The fourth-order valence-corrected chi connectivity index (χ4v) is 3.07. The van der Waals surface area contributed by atoms with E-state index in [0.29, 0.717) is 22.6 Å². The fourth-order valence-electron chi connectivity index (χ4n) is 2.63. The molecular formula is C17H14BrN3O4. The van der Waals surface area contributed by atoms with Crippen molar-refractivity contribution in [2.24, 2.45) is 0 Å². The summed E-state index contributed by atoms with van der Waals surface area (Å²) in [5.41, 5.74) is 2.79. The van der Waals surface area contributed by atoms with Crippen molar-refractivity contribution in [2.45, 2.75) is 20.1 Å². The lowest BCUT2D eigenvalue weighted by Gasteiger charge is -2.08. The summed E-state index contributed by atoms with van der Waals surface area (Å²) < 4.78 is 18.6. The average Bonchev–Trinajstić information content (AvgIpc) is 3.24. The number of ether oxygens (including phenoxy) is 3. The molecular weight excluding hydrogens is 390 g/mol. The van der Waals surface area contributed by atoms with Gasteiger partial charge in [-0.1, -0.05) is 21.1 Å². The van der Waals surface area contributed by atoms with Crippen molar-refractivity contribution in [3.05, 3.63) is 45.9 Å². The lowest BCUT2D eigenvalue weighted by molar-refractivity contribution is 0.0472. The highest BCUT2D eigenvalue weighted by Crippen LogP contribution is 2.37. The average molecular weight is 404 g/mol. The zero-order valence-corrected chi connectivity index (χ0v) is 14.9. The first-order valence-corrected chi connectivity index (χ1v) is 8.53. The van der Waals surface area contributed by atoms with Gasteiger partial charge in [-0.3, -0.25) is 0 Å². The highest BCUT2D eigenvalue weighted by atomic mass is 79.9. The Balaban J connectivity index is 1.51. The quantitative estimate of drug-likeness (QED) is 0.622. The molecule has 2 heterocycles. The third kappa shape index (κ3) is 2.93. The van der Waals surface area contributed by atoms with Gasteiger partial charge in [-0.2, -0.15) is 0 Å². The van der Waals surface area contributed by atoms with Crippen LogP contribution < -0.4 is 9.47 Å². The minimum absolute atomic E-state index is 0.121. The number of hydrogen-bond donors (Lipinski definition) is 0. The van der Waals surface area contributed by atoms with E-state index in [9.17, 15) is 4.79 Å². The normalized spacial score (nSPS) is 12.6. The summed E-state index contributed by atoms with van der Waals surface area (Å²) in [7, 11) is 0. The molecule has 1 aliphatic heterocycles. The van der Waals surface area contributed by atoms with Crippen molar-refractivity contribution in [2.75, 3.05) is 6.79 Å². The molecule has 1 aromatic heterocycles. The van der Waals surface area contributed by atoms with Crippen LogP contribution in [0.15, 0.2) is 34.8 Å². The van der Waals surface area contributed by atoms with Gasteiger partial charge in [0.05, 0.1) is 11.1 Å². The number of benzene rings is 2. The van der Waals surface area contributed by atoms with Crippen molar-refractivity contribution in [3.8, 4) is 11.5 Å². The molecule has 0 unspecified atom stereocenters. The summed E-state index contributed by atoms with van der Waals surface area (Å²) >= 11 is 3.45. The predicted octanol–water partition coefficient (Wildman–Crippen LogP) is 3.30. The van der Waals surface area contributed by atoms with Crippen LogP contribution in [0.2, 0.25) is 0 Å². The van der Waals surface area contributed by atoms with Crippen LogP contribution in [0.3, 0.4) is 0 Å². The second kappa shape index (κ2) is 6.36. The number of carbonyl (C=O) groups is 1. The minimum Gasteiger partial charge on any atom is -0.457 e. The SMILES string of the molecule is CCn1nnc2cc(C(=O)OCc3cc4c(cc3Br)OCO4)ccc21. The maximum atomic E-state index is 12.3. The molecule has 0 aliphatic carbocycles. The van der Waals surface area contributed by atoms with Crippen molar-refractivity contribution in [1.29, 1.82) is 0 Å². The summed E-state index contributed by atoms with van der Waals surface area (Å²) in [6.07, 6.45) is 0. The van der Waals surface area contributed by atoms with Gasteiger partial charge in [0, 0.05) is 16.6 Å². The first-order valence-electron chi connectivity index (χ1n) is 7.74. The second-order valence-corrected chi connectivity index (χ2v) is 6.34. The fraction of sp³-hybridized carbons (Fsp3) is 0.235. The Morgan fingerprint density at radius 3 is 2.88 bits per heavy atom. The number of esters is 1. The van der Waals surface area contributed by atoms with Gasteiger partial charge in [0.2, 0.25) is 6.79 Å². The van der Waals surface area contributed by atoms with Crippen LogP contribution in [0.25, 0.3) is 11.0 Å². The first-order chi connectivity index (χ1) is 12.2. The summed E-state index contributed by atoms with van der Waals surface area (Å²) in [5.74, 6) is 0.899. The molecule has 2 aromatic carbocycles. The van der Waals surface area contributed by atoms with Gasteiger partial charge in [-0.05, 0) is 37.3 Å². The van der Waals surface area contributed by atoms with Crippen LogP contribution >= 0.6 is 15.9 Å². The van der Waals surface area contributed by atoms with Crippen LogP contribution in [-0.2, 0) is 17.9 Å². The maximum Gasteiger partial charge on any atom is 0.338 e. The Hall–Kier alpha value is -2.61. The molecule has 0 bridgehead atoms. The summed E-state index contributed by atoms with van der Waals surface area (Å²) in [5, 5.41) is 8.11. The van der Waals surface area contributed by atoms with E-state index in [4.69, 9.17) is 14.2 Å². The van der Waals surface area contributed by atoms with E-state index in [0.717, 1.165) is 22.1 Å². The van der Waals surface area contributed by atoms with Crippen molar-refractivity contribution >= 4 is 32.9 Å². The molecule has 0 fully saturated rings. The Labute approximate surface area is 151 Å². The molecule has 1 aliphatic rings. The summed E-state index contributed by atoms with van der Waals surface area (Å²) in [6.45, 7) is 3.02. The molecule has 0 atom stereocenters. The Bertz CT molecular complexity index is 970. The van der Waals surface area contributed by atoms with Crippen LogP contribution in [-0.4, -0.2) is 27.8 Å². The highest BCUT2D eigenvalue weighted by molar-refractivity contribution is 9.10. The molecule has 0 saturated heterocycles. The standard InChI is InChI=1S/C17H14BrN3O4/c1-2-21-14-4-3-10(5-13(14)19-20-21)17(22)23-8-11-6-15-16(7-12(11)18)25-9-24-15/h3-7H,2,8-9H2,1H3. The lowest BCUT2D eigenvalue weighted by atomic mass is 10.2. The number of aromatic nitrogens is 3. The first kappa shape index (κ1) is 15.9. The number of nitrogens with zero attached hydrogens (tertiary/aromatic N) is 3. The van der Waals surface area contributed by atoms with E-state index in [2.05, 4.69) is 26.2 Å². The number of carbonyl (C=O) groups excluding carboxylic acids is 1. The number of halogens is 1. The molecule has 7 nitrogen and oxygen atoms in total. The second-order valence-electron chi connectivity index (χ2n) is 5.48. The number of fused-ring (bicyclic) bond motifs is 2. The van der Waals surface area contributed by atoms with Gasteiger partial charge in [0.25, 0.3) is 0 Å². The number of rotatable bonds is 4. The largest absolute Gasteiger partial charge is 0.457 e. The van der Waals surface area contributed by atoms with E-state index in [1.807, 2.05) is 13.0 Å². The Morgan fingerprint density at radius 2 is 2.08 bits per heavy atom. The van der Waals surface area contributed by atoms with Crippen molar-refractivity contribution in [1.82, 2.24) is 15.0 Å². The van der Waals surface area contributed by atoms with E-state index in [1.165, 1.54) is 0 Å². The lowest BCUT2D eigenvalue weighted by Crippen LogP contribution is -2.06. The van der Waals surface area contributed by atoms with Crippen LogP contribution in [0.4, 0.5) is 0 Å². The van der Waals surface area contributed by atoms with Crippen LogP contribution in [0, 0.1) is 0 Å². The molecule has 0 spiro atoms. The molecule has 0 saturated carbocycles. The van der Waals surface area contributed by atoms with Crippen molar-refractivity contribution < 1.29 is 19.0 Å². The molecule has 0 amide bonds. The van der Waals surface area contributed by atoms with Gasteiger partial charge < -0.3 is 14.2 Å². The number of hydrogen-bond acceptors (Lipinski definition) is 6. The molecule has 0 radical (unpaired) electrons. The molecule has 25 heavy (non-hydrogen) atoms. The molecule has 8 heteroatoms. The third-order valence-electron chi connectivity index (χ3n) is 3.95. The smallest absolute Gasteiger partial charge is 0.338 e. The number of aryl methyl sites for hydroxylation is 1.